The number of aromatic amines is 1. The Balaban J connectivity index is 1.72. The fraction of sp³-hybridized carbons (Fsp3) is 0.238. The summed E-state index contributed by atoms with van der Waals surface area (Å²) in [6.45, 7) is 0.340. The van der Waals surface area contributed by atoms with Crippen molar-refractivity contribution in [3.8, 4) is 17.2 Å². The lowest BCUT2D eigenvalue weighted by molar-refractivity contribution is 0.0954. The zero-order valence-corrected chi connectivity index (χ0v) is 16.0. The molecular weight excluding hydrogens is 360 g/mol. The highest BCUT2D eigenvalue weighted by molar-refractivity contribution is 5.94. The van der Waals surface area contributed by atoms with E-state index in [4.69, 9.17) is 14.2 Å². The standard InChI is InChI=1S/C21H22N2O5/c1-26-16-6-4-13(5-7-16)20(24)22-9-8-14-10-15-11-18(27-2)19(28-3)12-17(15)23-21(14)25/h4-7,10-12H,8-9H2,1-3H3,(H,22,24)(H,23,25). The van der Waals surface area contributed by atoms with Gasteiger partial charge in [-0.1, -0.05) is 0 Å². The third-order valence-corrected chi connectivity index (χ3v) is 4.46. The predicted molar refractivity (Wildman–Crippen MR) is 107 cm³/mol. The van der Waals surface area contributed by atoms with E-state index in [1.54, 1.807) is 57.7 Å². The number of carbonyl (C=O) groups excluding carboxylic acids is 1. The van der Waals surface area contributed by atoms with Gasteiger partial charge in [-0.2, -0.15) is 0 Å². The molecular formula is C21H22N2O5. The Morgan fingerprint density at radius 3 is 2.29 bits per heavy atom. The molecule has 3 rings (SSSR count). The number of hydrogen-bond donors (Lipinski definition) is 2. The zero-order valence-electron chi connectivity index (χ0n) is 16.0. The lowest BCUT2D eigenvalue weighted by atomic mass is 10.1. The zero-order chi connectivity index (χ0) is 20.1. The molecule has 0 aliphatic rings. The molecule has 0 radical (unpaired) electrons. The van der Waals surface area contributed by atoms with Gasteiger partial charge >= 0.3 is 0 Å². The van der Waals surface area contributed by atoms with Crippen molar-refractivity contribution in [3.63, 3.8) is 0 Å². The van der Waals surface area contributed by atoms with Crippen LogP contribution >= 0.6 is 0 Å². The van der Waals surface area contributed by atoms with Crippen LogP contribution in [0.5, 0.6) is 17.2 Å². The minimum absolute atomic E-state index is 0.196. The first-order valence-electron chi connectivity index (χ1n) is 8.76. The van der Waals surface area contributed by atoms with Gasteiger partial charge < -0.3 is 24.5 Å². The molecule has 1 heterocycles. The summed E-state index contributed by atoms with van der Waals surface area (Å²) in [7, 11) is 4.68. The predicted octanol–water partition coefficient (Wildman–Crippen LogP) is 2.53. The van der Waals surface area contributed by atoms with Crippen LogP contribution in [-0.2, 0) is 6.42 Å². The molecule has 146 valence electrons. The summed E-state index contributed by atoms with van der Waals surface area (Å²) in [6.07, 6.45) is 0.404. The monoisotopic (exact) mass is 382 g/mol. The Labute approximate surface area is 162 Å². The van der Waals surface area contributed by atoms with Gasteiger partial charge in [0.25, 0.3) is 11.5 Å². The molecule has 7 heteroatoms. The molecule has 0 fully saturated rings. The molecule has 0 saturated carbocycles. The first-order chi connectivity index (χ1) is 13.5. The number of rotatable bonds is 7. The Morgan fingerprint density at radius 2 is 1.64 bits per heavy atom. The van der Waals surface area contributed by atoms with Crippen LogP contribution in [0.2, 0.25) is 0 Å². The fourth-order valence-corrected chi connectivity index (χ4v) is 2.92. The molecule has 3 aromatic rings. The number of ether oxygens (including phenoxy) is 3. The van der Waals surface area contributed by atoms with Crippen LogP contribution in [0, 0.1) is 0 Å². The van der Waals surface area contributed by atoms with E-state index in [1.165, 1.54) is 0 Å². The topological polar surface area (TPSA) is 89.7 Å². The maximum atomic E-state index is 12.3. The number of fused-ring (bicyclic) bond motifs is 1. The smallest absolute Gasteiger partial charge is 0.251 e. The van der Waals surface area contributed by atoms with Gasteiger partial charge in [0.2, 0.25) is 0 Å². The van der Waals surface area contributed by atoms with Crippen LogP contribution in [0.1, 0.15) is 15.9 Å². The molecule has 1 amide bonds. The van der Waals surface area contributed by atoms with Gasteiger partial charge in [-0.05, 0) is 42.8 Å². The van der Waals surface area contributed by atoms with Crippen molar-refractivity contribution in [2.24, 2.45) is 0 Å². The summed E-state index contributed by atoms with van der Waals surface area (Å²) >= 11 is 0. The van der Waals surface area contributed by atoms with E-state index in [0.29, 0.717) is 46.9 Å². The van der Waals surface area contributed by atoms with Gasteiger partial charge in [0.1, 0.15) is 5.75 Å². The Morgan fingerprint density at radius 1 is 0.964 bits per heavy atom. The van der Waals surface area contributed by atoms with Crippen molar-refractivity contribution in [1.29, 1.82) is 0 Å². The van der Waals surface area contributed by atoms with E-state index >= 15 is 0 Å². The summed E-state index contributed by atoms with van der Waals surface area (Å²) in [5.41, 5.74) is 1.58. The van der Waals surface area contributed by atoms with Crippen molar-refractivity contribution in [2.75, 3.05) is 27.9 Å². The fourth-order valence-electron chi connectivity index (χ4n) is 2.92. The highest BCUT2D eigenvalue weighted by atomic mass is 16.5. The highest BCUT2D eigenvalue weighted by Crippen LogP contribution is 2.31. The number of aromatic nitrogens is 1. The molecule has 1 aromatic heterocycles. The minimum Gasteiger partial charge on any atom is -0.497 e. The molecule has 0 atom stereocenters. The van der Waals surface area contributed by atoms with Crippen molar-refractivity contribution >= 4 is 16.8 Å². The molecule has 7 nitrogen and oxygen atoms in total. The summed E-state index contributed by atoms with van der Waals surface area (Å²) in [5, 5.41) is 3.65. The average Bonchev–Trinajstić information content (AvgIpc) is 2.73. The van der Waals surface area contributed by atoms with Crippen LogP contribution < -0.4 is 25.1 Å². The summed E-state index contributed by atoms with van der Waals surface area (Å²) in [4.78, 5) is 27.4. The van der Waals surface area contributed by atoms with E-state index in [9.17, 15) is 9.59 Å². The van der Waals surface area contributed by atoms with Crippen molar-refractivity contribution < 1.29 is 19.0 Å². The molecule has 0 spiro atoms. The Hall–Kier alpha value is -3.48. The first kappa shape index (κ1) is 19.3. The quantitative estimate of drug-likeness (QED) is 0.655. The minimum atomic E-state index is -0.203. The first-order valence-corrected chi connectivity index (χ1v) is 8.76. The number of amides is 1. The van der Waals surface area contributed by atoms with Gasteiger partial charge in [0.15, 0.2) is 11.5 Å². The maximum absolute atomic E-state index is 12.3. The second-order valence-corrected chi connectivity index (χ2v) is 6.15. The van der Waals surface area contributed by atoms with Crippen molar-refractivity contribution in [2.45, 2.75) is 6.42 Å². The van der Waals surface area contributed by atoms with Gasteiger partial charge in [0.05, 0.1) is 26.8 Å². The van der Waals surface area contributed by atoms with Crippen LogP contribution in [0.25, 0.3) is 10.9 Å². The molecule has 2 N–H and O–H groups in total. The highest BCUT2D eigenvalue weighted by Gasteiger charge is 2.10. The van der Waals surface area contributed by atoms with Gasteiger partial charge in [-0.25, -0.2) is 0 Å². The molecule has 28 heavy (non-hydrogen) atoms. The molecule has 0 unspecified atom stereocenters. The number of carbonyl (C=O) groups is 1. The van der Waals surface area contributed by atoms with E-state index in [1.807, 2.05) is 6.07 Å². The van der Waals surface area contributed by atoms with Crippen LogP contribution in [-0.4, -0.2) is 38.8 Å². The molecule has 0 saturated heterocycles. The molecule has 0 aliphatic heterocycles. The Bertz CT molecular complexity index is 1040. The molecule has 2 aromatic carbocycles. The second-order valence-electron chi connectivity index (χ2n) is 6.15. The van der Waals surface area contributed by atoms with E-state index < -0.39 is 0 Å². The largest absolute Gasteiger partial charge is 0.497 e. The van der Waals surface area contributed by atoms with E-state index in [0.717, 1.165) is 5.39 Å². The van der Waals surface area contributed by atoms with Gasteiger partial charge in [-0.15, -0.1) is 0 Å². The van der Waals surface area contributed by atoms with Crippen LogP contribution in [0.3, 0.4) is 0 Å². The van der Waals surface area contributed by atoms with Crippen molar-refractivity contribution in [1.82, 2.24) is 10.3 Å². The van der Waals surface area contributed by atoms with Gasteiger partial charge in [0, 0.05) is 29.1 Å². The summed E-state index contributed by atoms with van der Waals surface area (Å²) in [5.74, 6) is 1.61. The van der Waals surface area contributed by atoms with E-state index in [2.05, 4.69) is 10.3 Å². The lowest BCUT2D eigenvalue weighted by Gasteiger charge is -2.10. The summed E-state index contributed by atoms with van der Waals surface area (Å²) < 4.78 is 15.6. The number of hydrogen-bond acceptors (Lipinski definition) is 5. The number of benzene rings is 2. The lowest BCUT2D eigenvalue weighted by Crippen LogP contribution is -2.27. The third kappa shape index (κ3) is 4.09. The third-order valence-electron chi connectivity index (χ3n) is 4.46. The SMILES string of the molecule is COc1ccc(C(=O)NCCc2cc3cc(OC)c(OC)cc3[nH]c2=O)cc1. The Kier molecular flexibility index (Phi) is 5.84. The maximum Gasteiger partial charge on any atom is 0.251 e. The van der Waals surface area contributed by atoms with Crippen molar-refractivity contribution in [3.05, 3.63) is 63.9 Å². The number of pyridine rings is 1. The normalized spacial score (nSPS) is 10.5. The molecule has 0 aliphatic carbocycles. The number of H-pyrrole nitrogens is 1. The summed E-state index contributed by atoms with van der Waals surface area (Å²) in [6, 6.07) is 12.2. The van der Waals surface area contributed by atoms with E-state index in [-0.39, 0.29) is 11.5 Å². The van der Waals surface area contributed by atoms with Crippen LogP contribution in [0.15, 0.2) is 47.3 Å². The van der Waals surface area contributed by atoms with Gasteiger partial charge in [-0.3, -0.25) is 9.59 Å². The number of methoxy groups -OCH3 is 3. The number of nitrogens with one attached hydrogen (secondary N) is 2. The second kappa shape index (κ2) is 8.47. The molecule has 0 bridgehead atoms. The van der Waals surface area contributed by atoms with Crippen LogP contribution in [0.4, 0.5) is 0 Å². The average molecular weight is 382 g/mol.